The third-order valence-corrected chi connectivity index (χ3v) is 5.23. The second-order valence-electron chi connectivity index (χ2n) is 7.43. The highest BCUT2D eigenvalue weighted by molar-refractivity contribution is 14.1. The normalized spacial score (nSPS) is 12.2. The molecule has 0 aliphatic heterocycles. The molecule has 0 amide bonds. The Labute approximate surface area is 174 Å². The van der Waals surface area contributed by atoms with Gasteiger partial charge in [-0.2, -0.15) is 0 Å². The molecule has 3 aromatic rings. The van der Waals surface area contributed by atoms with Crippen LogP contribution in [0.25, 0.3) is 10.9 Å². The van der Waals surface area contributed by atoms with Gasteiger partial charge in [-0.05, 0) is 67.1 Å². The largest absolute Gasteiger partial charge is 0.489 e. The van der Waals surface area contributed by atoms with E-state index < -0.39 is 0 Å². The van der Waals surface area contributed by atoms with Gasteiger partial charge in [0.05, 0.1) is 16.7 Å². The van der Waals surface area contributed by atoms with Crippen molar-refractivity contribution in [3.8, 4) is 5.75 Å². The van der Waals surface area contributed by atoms with Gasteiger partial charge in [-0.1, -0.05) is 30.3 Å². The zero-order valence-corrected chi connectivity index (χ0v) is 18.4. The molecule has 0 unspecified atom stereocenters. The van der Waals surface area contributed by atoms with Crippen molar-refractivity contribution in [3.63, 3.8) is 0 Å². The van der Waals surface area contributed by atoms with Crippen molar-refractivity contribution >= 4 is 39.7 Å². The summed E-state index contributed by atoms with van der Waals surface area (Å²) in [5.74, 6) is 0.859. The molecule has 0 aliphatic carbocycles. The van der Waals surface area contributed by atoms with E-state index in [-0.39, 0.29) is 5.54 Å². The van der Waals surface area contributed by atoms with Crippen LogP contribution >= 0.6 is 22.6 Å². The highest BCUT2D eigenvalue weighted by Crippen LogP contribution is 2.31. The molecule has 0 saturated heterocycles. The number of nitrogens with zero attached hydrogens (tertiary/aromatic N) is 2. The summed E-state index contributed by atoms with van der Waals surface area (Å²) in [6.07, 6.45) is 1.95. The van der Waals surface area contributed by atoms with Crippen LogP contribution < -0.4 is 4.74 Å². The van der Waals surface area contributed by atoms with Crippen molar-refractivity contribution in [3.05, 3.63) is 63.4 Å². The summed E-state index contributed by atoms with van der Waals surface area (Å²) in [6.45, 7) is 7.31. The van der Waals surface area contributed by atoms with E-state index in [4.69, 9.17) is 9.47 Å². The Hall–Kier alpha value is -1.86. The van der Waals surface area contributed by atoms with Gasteiger partial charge in [0.1, 0.15) is 19.1 Å². The van der Waals surface area contributed by atoms with E-state index in [2.05, 4.69) is 77.2 Å². The predicted octanol–water partition coefficient (Wildman–Crippen LogP) is 5.65. The minimum atomic E-state index is -0.124. The van der Waals surface area contributed by atoms with Gasteiger partial charge in [0.25, 0.3) is 0 Å². The van der Waals surface area contributed by atoms with Crippen molar-refractivity contribution in [1.29, 1.82) is 0 Å². The van der Waals surface area contributed by atoms with Crippen LogP contribution in [-0.4, -0.2) is 23.4 Å². The second-order valence-corrected chi connectivity index (χ2v) is 8.51. The first kappa shape index (κ1) is 19.9. The summed E-state index contributed by atoms with van der Waals surface area (Å²) in [6, 6.07) is 16.4. The highest BCUT2D eigenvalue weighted by atomic mass is 127. The number of ether oxygens (including phenoxy) is 2. The molecule has 0 aliphatic rings. The van der Waals surface area contributed by atoms with Crippen LogP contribution in [-0.2, 0) is 18.1 Å². The average Bonchev–Trinajstić information content (AvgIpc) is 2.90. The Kier molecular flexibility index (Phi) is 6.22. The lowest BCUT2D eigenvalue weighted by Gasteiger charge is -2.12. The molecule has 27 heavy (non-hydrogen) atoms. The van der Waals surface area contributed by atoms with Crippen LogP contribution in [0.1, 0.15) is 32.0 Å². The number of halogens is 1. The monoisotopic (exact) mass is 476 g/mol. The summed E-state index contributed by atoms with van der Waals surface area (Å²) in [7, 11) is 1.71. The molecule has 0 spiro atoms. The minimum absolute atomic E-state index is 0.124. The Morgan fingerprint density at radius 1 is 1.11 bits per heavy atom. The van der Waals surface area contributed by atoms with Gasteiger partial charge in [0.15, 0.2) is 0 Å². The zero-order chi connectivity index (χ0) is 19.4. The fraction of sp³-hybridized carbons (Fsp3) is 0.318. The lowest BCUT2D eigenvalue weighted by Crippen LogP contribution is -2.12. The fourth-order valence-electron chi connectivity index (χ4n) is 2.79. The maximum absolute atomic E-state index is 6.00. The number of methoxy groups -OCH3 is 1. The molecule has 1 heterocycles. The molecule has 0 radical (unpaired) electrons. The van der Waals surface area contributed by atoms with Crippen LogP contribution in [0, 0.1) is 3.57 Å². The summed E-state index contributed by atoms with van der Waals surface area (Å²) < 4.78 is 14.7. The number of rotatable bonds is 6. The molecule has 0 atom stereocenters. The van der Waals surface area contributed by atoms with Gasteiger partial charge in [-0.15, -0.1) is 0 Å². The zero-order valence-electron chi connectivity index (χ0n) is 16.2. The Bertz CT molecular complexity index is 940. The average molecular weight is 476 g/mol. The lowest BCUT2D eigenvalue weighted by atomic mass is 10.1. The van der Waals surface area contributed by atoms with Gasteiger partial charge in [0.2, 0.25) is 0 Å². The van der Waals surface area contributed by atoms with Gasteiger partial charge in [0, 0.05) is 22.3 Å². The predicted molar refractivity (Wildman–Crippen MR) is 120 cm³/mol. The molecule has 0 fully saturated rings. The molecule has 0 bridgehead atoms. The van der Waals surface area contributed by atoms with Gasteiger partial charge < -0.3 is 14.0 Å². The number of aliphatic imine (C=N–C) groups is 1. The van der Waals surface area contributed by atoms with Gasteiger partial charge in [-0.25, -0.2) is 0 Å². The Morgan fingerprint density at radius 3 is 2.52 bits per heavy atom. The standard InChI is InChI=1S/C22H25IN2O2/c1-22(2,3)24-13-20-21(23)18-12-17(10-11-19(18)25(20)15-26-4)27-14-16-8-6-5-7-9-16/h5-13H,14-15H2,1-4H3. The molecular weight excluding hydrogens is 451 g/mol. The summed E-state index contributed by atoms with van der Waals surface area (Å²) >= 11 is 2.38. The third-order valence-electron chi connectivity index (χ3n) is 4.09. The van der Waals surface area contributed by atoms with Crippen molar-refractivity contribution < 1.29 is 9.47 Å². The highest BCUT2D eigenvalue weighted by Gasteiger charge is 2.16. The number of hydrogen-bond acceptors (Lipinski definition) is 3. The van der Waals surface area contributed by atoms with E-state index in [1.807, 2.05) is 30.5 Å². The number of hydrogen-bond donors (Lipinski definition) is 0. The lowest BCUT2D eigenvalue weighted by molar-refractivity contribution is 0.134. The van der Waals surface area contributed by atoms with E-state index in [0.717, 1.165) is 31.5 Å². The van der Waals surface area contributed by atoms with E-state index in [1.54, 1.807) is 7.11 Å². The van der Waals surface area contributed by atoms with Crippen molar-refractivity contribution in [2.75, 3.05) is 7.11 Å². The Balaban J connectivity index is 1.95. The molecule has 0 N–H and O–H groups in total. The minimum Gasteiger partial charge on any atom is -0.489 e. The van der Waals surface area contributed by atoms with Crippen LogP contribution in [0.3, 0.4) is 0 Å². The first-order valence-electron chi connectivity index (χ1n) is 8.91. The quantitative estimate of drug-likeness (QED) is 0.341. The number of aromatic nitrogens is 1. The maximum atomic E-state index is 6.00. The van der Waals surface area contributed by atoms with Crippen molar-refractivity contribution in [2.45, 2.75) is 39.6 Å². The molecule has 0 saturated carbocycles. The van der Waals surface area contributed by atoms with Gasteiger partial charge in [-0.3, -0.25) is 4.99 Å². The SMILES string of the molecule is COCn1c(C=NC(C)(C)C)c(I)c2cc(OCc3ccccc3)ccc21. The number of benzene rings is 2. The first-order chi connectivity index (χ1) is 12.9. The molecule has 142 valence electrons. The van der Waals surface area contributed by atoms with E-state index in [0.29, 0.717) is 13.3 Å². The van der Waals surface area contributed by atoms with Crippen molar-refractivity contribution in [1.82, 2.24) is 4.57 Å². The van der Waals surface area contributed by atoms with Crippen LogP contribution in [0.4, 0.5) is 0 Å². The van der Waals surface area contributed by atoms with Crippen LogP contribution in [0.5, 0.6) is 5.75 Å². The summed E-state index contributed by atoms with van der Waals surface area (Å²) in [5.41, 5.74) is 3.20. The van der Waals surface area contributed by atoms with Crippen LogP contribution in [0.2, 0.25) is 0 Å². The van der Waals surface area contributed by atoms with E-state index >= 15 is 0 Å². The molecular formula is C22H25IN2O2. The number of fused-ring (bicyclic) bond motifs is 1. The molecule has 3 rings (SSSR count). The molecule has 4 nitrogen and oxygen atoms in total. The van der Waals surface area contributed by atoms with E-state index in [9.17, 15) is 0 Å². The van der Waals surface area contributed by atoms with E-state index in [1.165, 1.54) is 0 Å². The summed E-state index contributed by atoms with van der Waals surface area (Å²) in [4.78, 5) is 4.69. The smallest absolute Gasteiger partial charge is 0.123 e. The molecule has 2 aromatic carbocycles. The Morgan fingerprint density at radius 2 is 1.85 bits per heavy atom. The first-order valence-corrected chi connectivity index (χ1v) is 9.99. The topological polar surface area (TPSA) is 35.8 Å². The maximum Gasteiger partial charge on any atom is 0.123 e. The van der Waals surface area contributed by atoms with Crippen LogP contribution in [0.15, 0.2) is 53.5 Å². The van der Waals surface area contributed by atoms with Gasteiger partial charge >= 0.3 is 0 Å². The van der Waals surface area contributed by atoms with Crippen molar-refractivity contribution in [2.24, 2.45) is 4.99 Å². The third kappa shape index (κ3) is 4.90. The molecule has 5 heteroatoms. The summed E-state index contributed by atoms with van der Waals surface area (Å²) in [5, 5.41) is 1.15. The molecule has 1 aromatic heterocycles. The second kappa shape index (κ2) is 8.44. The fourth-order valence-corrected chi connectivity index (χ4v) is 3.66.